The van der Waals surface area contributed by atoms with Crippen LogP contribution in [-0.2, 0) is 12.6 Å². The van der Waals surface area contributed by atoms with Gasteiger partial charge in [-0.15, -0.1) is 0 Å². The molecule has 2 amide bonds. The largest absolute Gasteiger partial charge is 0.416 e. The van der Waals surface area contributed by atoms with Crippen LogP contribution in [0, 0.1) is 5.82 Å². The number of imide groups is 1. The molecule has 8 heteroatoms. The number of hydrogen-bond acceptors (Lipinski definition) is 2. The van der Waals surface area contributed by atoms with E-state index in [-0.39, 0.29) is 23.1 Å². The Morgan fingerprint density at radius 1 is 1.00 bits per heavy atom. The van der Waals surface area contributed by atoms with Crippen LogP contribution in [0.5, 0.6) is 0 Å². The molecule has 1 heterocycles. The quantitative estimate of drug-likeness (QED) is 0.576. The average Bonchev–Trinajstić information content (AvgIpc) is 2.84. The summed E-state index contributed by atoms with van der Waals surface area (Å²) in [6.07, 6.45) is -4.13. The van der Waals surface area contributed by atoms with Gasteiger partial charge in [0.05, 0.1) is 23.2 Å². The van der Waals surface area contributed by atoms with E-state index in [4.69, 9.17) is 0 Å². The van der Waals surface area contributed by atoms with E-state index in [1.165, 1.54) is 12.1 Å². The Labute approximate surface area is 150 Å². The van der Waals surface area contributed by atoms with E-state index in [0.29, 0.717) is 11.0 Å². The van der Waals surface area contributed by atoms with E-state index >= 15 is 0 Å². The van der Waals surface area contributed by atoms with Crippen LogP contribution < -0.4 is 0 Å². The van der Waals surface area contributed by atoms with E-state index in [1.807, 2.05) is 0 Å². The van der Waals surface area contributed by atoms with Gasteiger partial charge in [-0.25, -0.2) is 8.78 Å². The van der Waals surface area contributed by atoms with Gasteiger partial charge in [0, 0.05) is 0 Å². The number of benzene rings is 2. The molecule has 0 saturated heterocycles. The van der Waals surface area contributed by atoms with Crippen molar-refractivity contribution in [3.63, 3.8) is 0 Å². The second kappa shape index (κ2) is 6.94. The van der Waals surface area contributed by atoms with E-state index in [2.05, 4.69) is 0 Å². The van der Waals surface area contributed by atoms with Crippen molar-refractivity contribution in [1.29, 1.82) is 0 Å². The molecule has 0 radical (unpaired) electrons. The number of alkyl halides is 3. The maximum Gasteiger partial charge on any atom is 0.416 e. The van der Waals surface area contributed by atoms with Crippen LogP contribution in [-0.4, -0.2) is 23.3 Å². The number of nitrogens with zero attached hydrogens (tertiary/aromatic N) is 1. The Morgan fingerprint density at radius 3 is 2.15 bits per heavy atom. The molecule has 140 valence electrons. The molecule has 0 N–H and O–H groups in total. The summed E-state index contributed by atoms with van der Waals surface area (Å²) >= 11 is 0. The molecule has 0 bridgehead atoms. The Bertz CT molecular complexity index is 914. The summed E-state index contributed by atoms with van der Waals surface area (Å²) in [5, 5.41) is 0. The molecule has 0 aliphatic carbocycles. The minimum absolute atomic E-state index is 0.0835. The Balaban J connectivity index is 1.74. The molecule has 1 aliphatic heterocycles. The molecule has 3 rings (SSSR count). The fraction of sp³-hybridized carbons (Fsp3) is 0.158. The van der Waals surface area contributed by atoms with Crippen molar-refractivity contribution in [2.45, 2.75) is 12.6 Å². The van der Waals surface area contributed by atoms with Crippen molar-refractivity contribution < 1.29 is 31.5 Å². The highest BCUT2D eigenvalue weighted by Crippen LogP contribution is 2.30. The minimum Gasteiger partial charge on any atom is -0.269 e. The van der Waals surface area contributed by atoms with Gasteiger partial charge in [0.15, 0.2) is 0 Å². The lowest BCUT2D eigenvalue weighted by Crippen LogP contribution is -2.31. The summed E-state index contributed by atoms with van der Waals surface area (Å²) < 4.78 is 65.6. The lowest BCUT2D eigenvalue weighted by molar-refractivity contribution is -0.137. The van der Waals surface area contributed by atoms with Crippen molar-refractivity contribution in [3.05, 3.63) is 82.4 Å². The highest BCUT2D eigenvalue weighted by Gasteiger charge is 2.35. The normalized spacial score (nSPS) is 14.7. The third-order valence-electron chi connectivity index (χ3n) is 4.03. The van der Waals surface area contributed by atoms with Gasteiger partial charge in [0.1, 0.15) is 11.6 Å². The summed E-state index contributed by atoms with van der Waals surface area (Å²) in [5.41, 5.74) is -0.933. The maximum atomic E-state index is 14.1. The highest BCUT2D eigenvalue weighted by atomic mass is 19.4. The van der Waals surface area contributed by atoms with Gasteiger partial charge >= 0.3 is 6.18 Å². The van der Waals surface area contributed by atoms with E-state index in [1.54, 1.807) is 12.1 Å². The lowest BCUT2D eigenvalue weighted by atomic mass is 10.1. The molecule has 2 aromatic rings. The van der Waals surface area contributed by atoms with Gasteiger partial charge < -0.3 is 0 Å². The molecule has 0 aromatic heterocycles. The predicted molar refractivity (Wildman–Crippen MR) is 86.1 cm³/mol. The summed E-state index contributed by atoms with van der Waals surface area (Å²) in [4.78, 5) is 25.0. The Hall–Kier alpha value is -3.03. The zero-order valence-corrected chi connectivity index (χ0v) is 13.7. The van der Waals surface area contributed by atoms with Crippen LogP contribution in [0.15, 0.2) is 54.4 Å². The van der Waals surface area contributed by atoms with E-state index in [0.717, 1.165) is 18.2 Å². The summed E-state index contributed by atoms with van der Waals surface area (Å²) in [6.45, 7) is -0.645. The third kappa shape index (κ3) is 3.89. The van der Waals surface area contributed by atoms with Crippen molar-refractivity contribution in [2.75, 3.05) is 6.54 Å². The molecule has 3 nitrogen and oxygen atoms in total. The number of hydrogen-bond donors (Lipinski definition) is 0. The number of amides is 2. The lowest BCUT2D eigenvalue weighted by Gasteiger charge is -2.12. The number of halogens is 5. The van der Waals surface area contributed by atoms with Crippen molar-refractivity contribution >= 4 is 11.8 Å². The van der Waals surface area contributed by atoms with E-state index < -0.39 is 41.7 Å². The highest BCUT2D eigenvalue weighted by molar-refractivity contribution is 6.21. The van der Waals surface area contributed by atoms with Gasteiger partial charge in [-0.1, -0.05) is 12.1 Å². The predicted octanol–water partition coefficient (Wildman–Crippen LogP) is 4.54. The standard InChI is InChI=1S/C19H12F5NO2/c20-13(6-5-11-7-12(19(22,23)24)9-14(21)8-11)10-25-17(26)15-3-1-2-4-16(15)18(25)27/h1-4,6-9H,5,10H2/b13-6-. The second-order valence-electron chi connectivity index (χ2n) is 5.94. The van der Waals surface area contributed by atoms with Crippen LogP contribution in [0.1, 0.15) is 31.8 Å². The molecule has 27 heavy (non-hydrogen) atoms. The monoisotopic (exact) mass is 381 g/mol. The SMILES string of the molecule is O=C1c2ccccc2C(=O)N1C/C(F)=C/Cc1cc(F)cc(C(F)(F)F)c1. The Morgan fingerprint density at radius 2 is 1.59 bits per heavy atom. The summed E-state index contributed by atoms with van der Waals surface area (Å²) in [5.74, 6) is -3.27. The molecular formula is C19H12F5NO2. The number of carbonyl (C=O) groups is 2. The number of fused-ring (bicyclic) bond motifs is 1. The first kappa shape index (κ1) is 18.8. The molecule has 0 saturated carbocycles. The Kier molecular flexibility index (Phi) is 4.82. The van der Waals surface area contributed by atoms with Crippen LogP contribution in [0.4, 0.5) is 22.0 Å². The van der Waals surface area contributed by atoms with Gasteiger partial charge in [0.2, 0.25) is 0 Å². The number of rotatable bonds is 4. The minimum atomic E-state index is -4.72. The summed E-state index contributed by atoms with van der Waals surface area (Å²) in [6, 6.07) is 7.97. The molecule has 1 aliphatic rings. The van der Waals surface area contributed by atoms with E-state index in [9.17, 15) is 31.5 Å². The molecule has 0 fully saturated rings. The fourth-order valence-electron chi connectivity index (χ4n) is 2.76. The van der Waals surface area contributed by atoms with Gasteiger partial charge in [-0.2, -0.15) is 13.2 Å². The van der Waals surface area contributed by atoms with Crippen LogP contribution >= 0.6 is 0 Å². The zero-order valence-electron chi connectivity index (χ0n) is 13.7. The summed E-state index contributed by atoms with van der Waals surface area (Å²) in [7, 11) is 0. The third-order valence-corrected chi connectivity index (χ3v) is 4.03. The van der Waals surface area contributed by atoms with Crippen LogP contribution in [0.25, 0.3) is 0 Å². The first-order valence-corrected chi connectivity index (χ1v) is 7.83. The fourth-order valence-corrected chi connectivity index (χ4v) is 2.76. The molecule has 0 spiro atoms. The average molecular weight is 381 g/mol. The van der Waals surface area contributed by atoms with Crippen LogP contribution in [0.3, 0.4) is 0 Å². The van der Waals surface area contributed by atoms with Crippen LogP contribution in [0.2, 0.25) is 0 Å². The van der Waals surface area contributed by atoms with Crippen molar-refractivity contribution in [1.82, 2.24) is 4.90 Å². The molecule has 0 atom stereocenters. The first-order chi connectivity index (χ1) is 12.7. The molecular weight excluding hydrogens is 369 g/mol. The zero-order chi connectivity index (χ0) is 19.8. The van der Waals surface area contributed by atoms with Gasteiger partial charge in [0.25, 0.3) is 11.8 Å². The van der Waals surface area contributed by atoms with Crippen molar-refractivity contribution in [3.8, 4) is 0 Å². The smallest absolute Gasteiger partial charge is 0.269 e. The topological polar surface area (TPSA) is 37.4 Å². The number of allylic oxidation sites excluding steroid dienone is 1. The molecule has 2 aromatic carbocycles. The maximum absolute atomic E-state index is 14.1. The van der Waals surface area contributed by atoms with Gasteiger partial charge in [-0.3, -0.25) is 14.5 Å². The first-order valence-electron chi connectivity index (χ1n) is 7.83. The van der Waals surface area contributed by atoms with Gasteiger partial charge in [-0.05, 0) is 48.4 Å². The van der Waals surface area contributed by atoms with Crippen molar-refractivity contribution in [2.24, 2.45) is 0 Å². The number of carbonyl (C=O) groups excluding carboxylic acids is 2. The second-order valence-corrected chi connectivity index (χ2v) is 5.94. The molecule has 0 unspecified atom stereocenters.